The molecule has 0 heterocycles. The minimum atomic E-state index is -0.447. The minimum absolute atomic E-state index is 0.0264. The lowest BCUT2D eigenvalue weighted by Gasteiger charge is -2.31. The van der Waals surface area contributed by atoms with Crippen molar-refractivity contribution >= 4 is 22.7 Å². The molecule has 1 unspecified atom stereocenters. The molecule has 26 heavy (non-hydrogen) atoms. The van der Waals surface area contributed by atoms with Crippen LogP contribution in [0.15, 0.2) is 58.8 Å². The van der Waals surface area contributed by atoms with Crippen LogP contribution in [-0.4, -0.2) is 29.2 Å². The lowest BCUT2D eigenvalue weighted by atomic mass is 10.1. The normalized spacial score (nSPS) is 12.3. The van der Waals surface area contributed by atoms with E-state index in [9.17, 15) is 15.2 Å². The Morgan fingerprint density at radius 1 is 1.04 bits per heavy atom. The molecule has 1 N–H and O–H groups in total. The van der Waals surface area contributed by atoms with Gasteiger partial charge in [0.15, 0.2) is 0 Å². The van der Waals surface area contributed by atoms with Crippen LogP contribution in [-0.2, 0) is 0 Å². The summed E-state index contributed by atoms with van der Waals surface area (Å²) < 4.78 is 0. The van der Waals surface area contributed by atoms with Gasteiger partial charge in [0.05, 0.1) is 28.9 Å². The molecule has 0 amide bonds. The van der Waals surface area contributed by atoms with Gasteiger partial charge in [-0.25, -0.2) is 0 Å². The Kier molecular flexibility index (Phi) is 7.23. The average Bonchev–Trinajstić information content (AvgIpc) is 2.67. The molecule has 0 saturated heterocycles. The quantitative estimate of drug-likeness (QED) is 0.389. The van der Waals surface area contributed by atoms with Crippen molar-refractivity contribution in [3.63, 3.8) is 0 Å². The van der Waals surface area contributed by atoms with Gasteiger partial charge in [-0.1, -0.05) is 13.3 Å². The Balaban J connectivity index is 2.09. The number of likely N-dealkylation sites (N-methyl/N-ethyl adjacent to an activating group) is 1. The molecular weight excluding hydrogens is 332 g/mol. The van der Waals surface area contributed by atoms with E-state index in [4.69, 9.17) is 0 Å². The lowest BCUT2D eigenvalue weighted by molar-refractivity contribution is -0.384. The number of nitro groups is 1. The number of non-ortho nitro benzene ring substituents is 1. The van der Waals surface area contributed by atoms with Gasteiger partial charge in [0.1, 0.15) is 0 Å². The van der Waals surface area contributed by atoms with Crippen molar-refractivity contribution in [2.75, 3.05) is 18.1 Å². The van der Waals surface area contributed by atoms with Gasteiger partial charge >= 0.3 is 0 Å². The summed E-state index contributed by atoms with van der Waals surface area (Å²) in [6.45, 7) is 5.12. The molecule has 0 aromatic heterocycles. The number of nitro benzene ring substituents is 1. The van der Waals surface area contributed by atoms with Crippen molar-refractivity contribution in [1.29, 1.82) is 0 Å². The fourth-order valence-corrected chi connectivity index (χ4v) is 2.80. The topological polar surface area (TPSA) is 91.3 Å². The molecule has 0 spiro atoms. The fourth-order valence-electron chi connectivity index (χ4n) is 2.80. The van der Waals surface area contributed by atoms with Crippen LogP contribution in [0.4, 0.5) is 22.7 Å². The van der Waals surface area contributed by atoms with E-state index in [1.165, 1.54) is 12.1 Å². The minimum Gasteiger partial charge on any atom is -0.394 e. The van der Waals surface area contributed by atoms with Gasteiger partial charge < -0.3 is 10.0 Å². The molecule has 138 valence electrons. The average molecular weight is 356 g/mol. The van der Waals surface area contributed by atoms with Crippen molar-refractivity contribution < 1.29 is 10.0 Å². The van der Waals surface area contributed by atoms with E-state index < -0.39 is 4.92 Å². The first kappa shape index (κ1) is 19.5. The molecule has 0 aliphatic heterocycles. The third-order valence-electron chi connectivity index (χ3n) is 4.14. The summed E-state index contributed by atoms with van der Waals surface area (Å²) in [5.41, 5.74) is 2.31. The number of anilines is 1. The number of nitrogens with zero attached hydrogens (tertiary/aromatic N) is 4. The lowest BCUT2D eigenvalue weighted by Crippen LogP contribution is -2.37. The van der Waals surface area contributed by atoms with E-state index in [-0.39, 0.29) is 18.3 Å². The monoisotopic (exact) mass is 356 g/mol. The first-order valence-corrected chi connectivity index (χ1v) is 8.72. The van der Waals surface area contributed by atoms with Crippen LogP contribution in [0, 0.1) is 10.1 Å². The maximum Gasteiger partial charge on any atom is 0.269 e. The molecule has 0 bridgehead atoms. The summed E-state index contributed by atoms with van der Waals surface area (Å²) >= 11 is 0. The van der Waals surface area contributed by atoms with Gasteiger partial charge in [0.2, 0.25) is 0 Å². The number of hydrogen-bond acceptors (Lipinski definition) is 6. The van der Waals surface area contributed by atoms with Gasteiger partial charge in [-0.05, 0) is 49.7 Å². The Labute approximate surface area is 153 Å². The van der Waals surface area contributed by atoms with E-state index in [0.717, 1.165) is 25.1 Å². The standard InChI is InChI=1S/C19H24N4O3/c1-3-5-19(14-24)22(4-2)17-10-6-15(7-11-17)20-21-16-8-12-18(13-9-16)23(25)26/h6-13,19,24H,3-5,14H2,1-2H3. The third-order valence-corrected chi connectivity index (χ3v) is 4.14. The maximum atomic E-state index is 10.6. The SMILES string of the molecule is CCCC(CO)N(CC)c1ccc(N=Nc2ccc([N+](=O)[O-])cc2)cc1. The van der Waals surface area contributed by atoms with Gasteiger partial charge in [-0.2, -0.15) is 10.2 Å². The van der Waals surface area contributed by atoms with Gasteiger partial charge in [-0.15, -0.1) is 0 Å². The highest BCUT2D eigenvalue weighted by Gasteiger charge is 2.15. The number of rotatable bonds is 9. The summed E-state index contributed by atoms with van der Waals surface area (Å²) in [5.74, 6) is 0. The molecule has 2 aromatic carbocycles. The van der Waals surface area contributed by atoms with E-state index in [1.54, 1.807) is 12.1 Å². The second-order valence-corrected chi connectivity index (χ2v) is 5.90. The summed E-state index contributed by atoms with van der Waals surface area (Å²) in [4.78, 5) is 12.4. The zero-order chi connectivity index (χ0) is 18.9. The number of benzene rings is 2. The van der Waals surface area contributed by atoms with Gasteiger partial charge in [0, 0.05) is 24.4 Å². The molecule has 2 aromatic rings. The molecule has 0 aliphatic carbocycles. The Hall–Kier alpha value is -2.80. The molecule has 7 heteroatoms. The zero-order valence-electron chi connectivity index (χ0n) is 15.1. The maximum absolute atomic E-state index is 10.6. The van der Waals surface area contributed by atoms with Crippen LogP contribution < -0.4 is 4.90 Å². The smallest absolute Gasteiger partial charge is 0.269 e. The van der Waals surface area contributed by atoms with Crippen LogP contribution in [0.3, 0.4) is 0 Å². The summed E-state index contributed by atoms with van der Waals surface area (Å²) in [5, 5.41) is 28.5. The Morgan fingerprint density at radius 2 is 1.58 bits per heavy atom. The van der Waals surface area contributed by atoms with Crippen molar-refractivity contribution in [2.24, 2.45) is 10.2 Å². The molecule has 0 aliphatic rings. The molecule has 7 nitrogen and oxygen atoms in total. The van der Waals surface area contributed by atoms with Gasteiger partial charge in [-0.3, -0.25) is 10.1 Å². The Morgan fingerprint density at radius 3 is 2.00 bits per heavy atom. The molecule has 2 rings (SSSR count). The van der Waals surface area contributed by atoms with Crippen LogP contribution in [0.25, 0.3) is 0 Å². The highest BCUT2D eigenvalue weighted by molar-refractivity contribution is 5.53. The van der Waals surface area contributed by atoms with E-state index in [2.05, 4.69) is 29.0 Å². The van der Waals surface area contributed by atoms with Gasteiger partial charge in [0.25, 0.3) is 5.69 Å². The number of aliphatic hydroxyl groups is 1. The largest absolute Gasteiger partial charge is 0.394 e. The van der Waals surface area contributed by atoms with E-state index >= 15 is 0 Å². The highest BCUT2D eigenvalue weighted by Crippen LogP contribution is 2.25. The third kappa shape index (κ3) is 5.10. The first-order valence-electron chi connectivity index (χ1n) is 8.72. The summed E-state index contributed by atoms with van der Waals surface area (Å²) in [7, 11) is 0. The molecule has 1 atom stereocenters. The van der Waals surface area contributed by atoms with E-state index in [1.807, 2.05) is 24.3 Å². The predicted molar refractivity (Wildman–Crippen MR) is 103 cm³/mol. The molecule has 0 fully saturated rings. The molecule has 0 saturated carbocycles. The predicted octanol–water partition coefficient (Wildman–Crippen LogP) is 5.00. The zero-order valence-corrected chi connectivity index (χ0v) is 15.1. The van der Waals surface area contributed by atoms with Crippen LogP contribution in [0.5, 0.6) is 0 Å². The fraction of sp³-hybridized carbons (Fsp3) is 0.368. The van der Waals surface area contributed by atoms with Crippen LogP contribution in [0.1, 0.15) is 26.7 Å². The van der Waals surface area contributed by atoms with Crippen molar-refractivity contribution in [3.8, 4) is 0 Å². The van der Waals surface area contributed by atoms with Crippen molar-refractivity contribution in [1.82, 2.24) is 0 Å². The summed E-state index contributed by atoms with van der Waals surface area (Å²) in [6, 6.07) is 13.7. The molecular formula is C19H24N4O3. The Bertz CT molecular complexity index is 729. The van der Waals surface area contributed by atoms with Crippen molar-refractivity contribution in [2.45, 2.75) is 32.7 Å². The van der Waals surface area contributed by atoms with Crippen LogP contribution >= 0.6 is 0 Å². The number of azo groups is 1. The number of aliphatic hydroxyl groups excluding tert-OH is 1. The number of hydrogen-bond donors (Lipinski definition) is 1. The van der Waals surface area contributed by atoms with Crippen molar-refractivity contribution in [3.05, 3.63) is 58.6 Å². The summed E-state index contributed by atoms with van der Waals surface area (Å²) in [6.07, 6.45) is 1.95. The van der Waals surface area contributed by atoms with E-state index in [0.29, 0.717) is 11.4 Å². The first-order chi connectivity index (χ1) is 12.6. The van der Waals surface area contributed by atoms with Crippen LogP contribution in [0.2, 0.25) is 0 Å². The highest BCUT2D eigenvalue weighted by atomic mass is 16.6. The second kappa shape index (κ2) is 9.62. The molecule has 0 radical (unpaired) electrons. The second-order valence-electron chi connectivity index (χ2n) is 5.90.